The molecule has 0 N–H and O–H groups in total. The molecule has 52 heavy (non-hydrogen) atoms. The zero-order chi connectivity index (χ0) is 36.8. The first kappa shape index (κ1) is 36.9. The summed E-state index contributed by atoms with van der Waals surface area (Å²) < 4.78 is 55.0. The van der Waals surface area contributed by atoms with Crippen LogP contribution >= 0.6 is 18.9 Å². The Morgan fingerprint density at radius 2 is 1.25 bits per heavy atom. The average Bonchev–Trinajstić information content (AvgIpc) is 3.42. The second-order valence-electron chi connectivity index (χ2n) is 12.5. The standard InChI is InChI=1S/C42H37ClF3NO4P/c1-28-38(39-26-34(50-2)16-23-40(39)47(28)42(49)29-6-8-30(43)9-7-29)27-41(48)51-24-4-3-5-25-52(35-17-10-31(44)11-18-35,36-19-12-32(45)13-20-36)37-21-14-33(46)15-22-37/h6-23,26H,3-5,24-25,27H2,1-2H3/q+1. The molecule has 0 unspecified atom stereocenters. The van der Waals surface area contributed by atoms with Gasteiger partial charge >= 0.3 is 5.97 Å². The molecule has 0 aliphatic heterocycles. The quantitative estimate of drug-likeness (QED) is 0.0674. The van der Waals surface area contributed by atoms with Crippen molar-refractivity contribution in [3.05, 3.63) is 155 Å². The van der Waals surface area contributed by atoms with Gasteiger partial charge in [0, 0.05) is 21.7 Å². The van der Waals surface area contributed by atoms with E-state index in [-0.39, 0.29) is 36.4 Å². The first-order valence-electron chi connectivity index (χ1n) is 16.9. The van der Waals surface area contributed by atoms with Gasteiger partial charge in [0.1, 0.15) is 46.4 Å². The number of unbranched alkanes of at least 4 members (excludes halogenated alkanes) is 2. The van der Waals surface area contributed by atoms with Crippen LogP contribution in [0.25, 0.3) is 10.9 Å². The number of fused-ring (bicyclic) bond motifs is 1. The summed E-state index contributed by atoms with van der Waals surface area (Å²) in [7, 11) is -0.889. The number of carbonyl (C=O) groups is 2. The summed E-state index contributed by atoms with van der Waals surface area (Å²) in [5, 5.41) is 3.95. The molecule has 266 valence electrons. The summed E-state index contributed by atoms with van der Waals surface area (Å²) >= 11 is 6.05. The lowest BCUT2D eigenvalue weighted by atomic mass is 10.1. The van der Waals surface area contributed by atoms with Crippen LogP contribution in [-0.4, -0.2) is 36.3 Å². The number of carbonyl (C=O) groups excluding carboxylic acids is 2. The van der Waals surface area contributed by atoms with Gasteiger partial charge in [-0.1, -0.05) is 11.6 Å². The number of halogens is 4. The van der Waals surface area contributed by atoms with Gasteiger partial charge in [-0.3, -0.25) is 14.2 Å². The topological polar surface area (TPSA) is 57.5 Å². The van der Waals surface area contributed by atoms with E-state index in [0.717, 1.165) is 27.7 Å². The molecular formula is C42H37ClF3NO4P+. The summed E-state index contributed by atoms with van der Waals surface area (Å²) in [6, 6.07) is 31.1. The molecule has 5 nitrogen and oxygen atoms in total. The Hall–Kier alpha value is -4.91. The minimum absolute atomic E-state index is 0.0370. The Kier molecular flexibility index (Phi) is 11.5. The molecule has 1 heterocycles. The van der Waals surface area contributed by atoms with Gasteiger partial charge in [0.15, 0.2) is 0 Å². The van der Waals surface area contributed by atoms with Gasteiger partial charge in [-0.05, 0) is 147 Å². The molecule has 0 amide bonds. The fourth-order valence-corrected chi connectivity index (χ4v) is 11.2. The third kappa shape index (κ3) is 7.79. The van der Waals surface area contributed by atoms with Gasteiger partial charge in [0.25, 0.3) is 5.91 Å². The highest BCUT2D eigenvalue weighted by Crippen LogP contribution is 2.56. The first-order valence-corrected chi connectivity index (χ1v) is 19.3. The lowest BCUT2D eigenvalue weighted by Gasteiger charge is -2.28. The highest BCUT2D eigenvalue weighted by atomic mass is 35.5. The highest BCUT2D eigenvalue weighted by Gasteiger charge is 2.45. The van der Waals surface area contributed by atoms with Gasteiger partial charge in [0.2, 0.25) is 0 Å². The van der Waals surface area contributed by atoms with Crippen LogP contribution in [0.3, 0.4) is 0 Å². The van der Waals surface area contributed by atoms with Crippen LogP contribution < -0.4 is 20.7 Å². The van der Waals surface area contributed by atoms with Gasteiger partial charge in [0.05, 0.1) is 31.8 Å². The van der Waals surface area contributed by atoms with E-state index in [1.807, 2.05) is 13.0 Å². The third-order valence-corrected chi connectivity index (χ3v) is 14.1. The predicted molar refractivity (Wildman–Crippen MR) is 203 cm³/mol. The summed E-state index contributed by atoms with van der Waals surface area (Å²) in [5.41, 5.74) is 2.41. The van der Waals surface area contributed by atoms with Crippen LogP contribution in [0.2, 0.25) is 5.02 Å². The van der Waals surface area contributed by atoms with Gasteiger partial charge in [-0.2, -0.15) is 0 Å². The SMILES string of the molecule is COc1ccc2c(c1)c(CC(=O)OCCCCC[P+](c1ccc(F)cc1)(c1ccc(F)cc1)c1ccc(F)cc1)c(C)n2C(=O)c1ccc(Cl)cc1. The molecule has 0 saturated heterocycles. The zero-order valence-electron chi connectivity index (χ0n) is 28.8. The van der Waals surface area contributed by atoms with E-state index in [1.54, 1.807) is 84.5 Å². The second-order valence-corrected chi connectivity index (χ2v) is 16.6. The number of esters is 1. The maximum absolute atomic E-state index is 14.1. The molecular weight excluding hydrogens is 706 g/mol. The number of methoxy groups -OCH3 is 1. The minimum Gasteiger partial charge on any atom is -0.497 e. The van der Waals surface area contributed by atoms with Crippen molar-refractivity contribution in [2.24, 2.45) is 0 Å². The zero-order valence-corrected chi connectivity index (χ0v) is 30.4. The monoisotopic (exact) mass is 742 g/mol. The van der Waals surface area contributed by atoms with Crippen molar-refractivity contribution in [2.45, 2.75) is 32.6 Å². The molecule has 0 bridgehead atoms. The molecule has 6 aromatic rings. The summed E-state index contributed by atoms with van der Waals surface area (Å²) in [6.07, 6.45) is 2.64. The fourth-order valence-electron chi connectivity index (χ4n) is 6.73. The van der Waals surface area contributed by atoms with Crippen molar-refractivity contribution in [3.8, 4) is 5.75 Å². The van der Waals surface area contributed by atoms with E-state index in [0.29, 0.717) is 52.1 Å². The Balaban J connectivity index is 1.16. The van der Waals surface area contributed by atoms with Gasteiger partial charge in [-0.15, -0.1) is 0 Å². The fraction of sp³-hybridized carbons (Fsp3) is 0.190. The van der Waals surface area contributed by atoms with E-state index < -0.39 is 13.2 Å². The van der Waals surface area contributed by atoms with Crippen molar-refractivity contribution >= 4 is 57.6 Å². The molecule has 5 aromatic carbocycles. The predicted octanol–water partition coefficient (Wildman–Crippen LogP) is 8.97. The lowest BCUT2D eigenvalue weighted by Crippen LogP contribution is -2.33. The number of hydrogen-bond donors (Lipinski definition) is 0. The summed E-state index contributed by atoms with van der Waals surface area (Å²) in [5.74, 6) is -1.17. The number of rotatable bonds is 13. The third-order valence-electron chi connectivity index (χ3n) is 9.36. The van der Waals surface area contributed by atoms with Crippen molar-refractivity contribution in [2.75, 3.05) is 19.9 Å². The maximum atomic E-state index is 14.1. The van der Waals surface area contributed by atoms with E-state index in [2.05, 4.69) is 0 Å². The van der Waals surface area contributed by atoms with Crippen molar-refractivity contribution in [1.82, 2.24) is 4.57 Å². The van der Waals surface area contributed by atoms with Gasteiger partial charge in [-0.25, -0.2) is 13.2 Å². The summed E-state index contributed by atoms with van der Waals surface area (Å²) in [6.45, 7) is 2.00. The van der Waals surface area contributed by atoms with Crippen LogP contribution in [0.1, 0.15) is 40.9 Å². The van der Waals surface area contributed by atoms with Crippen molar-refractivity contribution < 1.29 is 32.2 Å². The molecule has 0 spiro atoms. The van der Waals surface area contributed by atoms with Crippen LogP contribution in [0.5, 0.6) is 5.75 Å². The molecule has 0 fully saturated rings. The molecule has 1 aromatic heterocycles. The first-order chi connectivity index (χ1) is 25.1. The number of hydrogen-bond acceptors (Lipinski definition) is 4. The number of nitrogens with zero attached hydrogens (tertiary/aromatic N) is 1. The molecule has 6 rings (SSSR count). The van der Waals surface area contributed by atoms with E-state index >= 15 is 0 Å². The van der Waals surface area contributed by atoms with Crippen LogP contribution in [0.4, 0.5) is 13.2 Å². The molecule has 0 radical (unpaired) electrons. The largest absolute Gasteiger partial charge is 0.497 e. The smallest absolute Gasteiger partial charge is 0.310 e. The molecule has 0 saturated carbocycles. The highest BCUT2D eigenvalue weighted by molar-refractivity contribution is 7.95. The molecule has 0 aliphatic carbocycles. The summed E-state index contributed by atoms with van der Waals surface area (Å²) in [4.78, 5) is 26.9. The van der Waals surface area contributed by atoms with E-state index in [9.17, 15) is 22.8 Å². The van der Waals surface area contributed by atoms with Crippen LogP contribution in [0, 0.1) is 24.4 Å². The van der Waals surface area contributed by atoms with E-state index in [1.165, 1.54) is 36.4 Å². The average molecular weight is 743 g/mol. The van der Waals surface area contributed by atoms with Crippen molar-refractivity contribution in [1.29, 1.82) is 0 Å². The maximum Gasteiger partial charge on any atom is 0.310 e. The Morgan fingerprint density at radius 1 is 0.712 bits per heavy atom. The van der Waals surface area contributed by atoms with Crippen LogP contribution in [0.15, 0.2) is 115 Å². The molecule has 0 atom stereocenters. The second kappa shape index (κ2) is 16.2. The number of aromatic nitrogens is 1. The van der Waals surface area contributed by atoms with Gasteiger partial charge < -0.3 is 9.47 Å². The lowest BCUT2D eigenvalue weighted by molar-refractivity contribution is -0.142. The Labute approximate surface area is 306 Å². The van der Waals surface area contributed by atoms with Crippen molar-refractivity contribution in [3.63, 3.8) is 0 Å². The van der Waals surface area contributed by atoms with Crippen LogP contribution in [-0.2, 0) is 16.0 Å². The number of benzene rings is 5. The molecule has 10 heteroatoms. The molecule has 0 aliphatic rings. The number of ether oxygens (including phenoxy) is 2. The minimum atomic E-state index is -2.45. The Bertz CT molecular complexity index is 2070. The normalized spacial score (nSPS) is 11.5. The van der Waals surface area contributed by atoms with E-state index in [4.69, 9.17) is 21.1 Å². The Morgan fingerprint density at radius 3 is 1.77 bits per heavy atom.